The van der Waals surface area contributed by atoms with E-state index in [2.05, 4.69) is 54.9 Å². The number of hydrogen-bond acceptors (Lipinski definition) is 5. The van der Waals surface area contributed by atoms with Gasteiger partial charge in [-0.1, -0.05) is 59.6 Å². The van der Waals surface area contributed by atoms with Gasteiger partial charge < -0.3 is 25.3 Å². The number of amides is 2. The van der Waals surface area contributed by atoms with Gasteiger partial charge in [-0.25, -0.2) is 14.8 Å². The molecule has 6 aromatic rings. The van der Waals surface area contributed by atoms with Gasteiger partial charge in [0.2, 0.25) is 0 Å². The van der Waals surface area contributed by atoms with Gasteiger partial charge in [0.15, 0.2) is 0 Å². The first kappa shape index (κ1) is 28.1. The summed E-state index contributed by atoms with van der Waals surface area (Å²) in [5.41, 5.74) is 6.17. The summed E-state index contributed by atoms with van der Waals surface area (Å²) in [5.74, 6) is 2.24. The summed E-state index contributed by atoms with van der Waals surface area (Å²) in [6, 6.07) is 28.4. The third-order valence-electron chi connectivity index (χ3n) is 6.99. The maximum atomic E-state index is 12.7. The van der Waals surface area contributed by atoms with E-state index in [4.69, 9.17) is 27.9 Å². The number of methoxy groups -OCH3 is 1. The number of carbonyl (C=O) groups excluding carboxylic acids is 1. The maximum Gasteiger partial charge on any atom is 0.323 e. The van der Waals surface area contributed by atoms with Crippen molar-refractivity contribution in [2.24, 2.45) is 0 Å². The first-order valence-corrected chi connectivity index (χ1v) is 14.1. The molecule has 0 unspecified atom stereocenters. The maximum absolute atomic E-state index is 12.7. The van der Waals surface area contributed by atoms with Crippen LogP contribution in [0.5, 0.6) is 5.75 Å². The fourth-order valence-electron chi connectivity index (χ4n) is 4.86. The highest BCUT2D eigenvalue weighted by Gasteiger charge is 2.15. The van der Waals surface area contributed by atoms with Gasteiger partial charge in [0.25, 0.3) is 0 Å². The van der Waals surface area contributed by atoms with Crippen LogP contribution >= 0.6 is 23.2 Å². The molecule has 0 saturated carbocycles. The van der Waals surface area contributed by atoms with Gasteiger partial charge in [-0.05, 0) is 65.2 Å². The molecule has 0 saturated heterocycles. The van der Waals surface area contributed by atoms with Crippen LogP contribution < -0.4 is 20.7 Å². The summed E-state index contributed by atoms with van der Waals surface area (Å²) in [6.45, 7) is 0. The Hall–Kier alpha value is -5.05. The highest BCUT2D eigenvalue weighted by atomic mass is 35.5. The molecule has 0 radical (unpaired) electrons. The second-order valence-electron chi connectivity index (χ2n) is 9.67. The minimum atomic E-state index is -0.395. The summed E-state index contributed by atoms with van der Waals surface area (Å²) in [7, 11) is 3.48. The molecule has 2 aromatic heterocycles. The first-order valence-electron chi connectivity index (χ1n) is 13.3. The molecule has 43 heavy (non-hydrogen) atoms. The second-order valence-corrected chi connectivity index (χ2v) is 10.5. The van der Waals surface area contributed by atoms with Gasteiger partial charge in [-0.15, -0.1) is 0 Å². The van der Waals surface area contributed by atoms with Crippen LogP contribution in [0.25, 0.3) is 39.0 Å². The predicted molar refractivity (Wildman–Crippen MR) is 175 cm³/mol. The molecule has 6 rings (SSSR count). The van der Waals surface area contributed by atoms with Gasteiger partial charge in [0.1, 0.15) is 23.7 Å². The molecule has 0 aliphatic carbocycles. The van der Waals surface area contributed by atoms with Crippen molar-refractivity contribution in [2.75, 3.05) is 30.1 Å². The Balaban J connectivity index is 1.36. The molecule has 4 aromatic carbocycles. The van der Waals surface area contributed by atoms with Gasteiger partial charge in [0, 0.05) is 41.6 Å². The quantitative estimate of drug-likeness (QED) is 0.168. The number of benzene rings is 4. The second kappa shape index (κ2) is 12.1. The molecule has 0 spiro atoms. The topological polar surface area (TPSA) is 93.1 Å². The Bertz CT molecular complexity index is 1960. The smallest absolute Gasteiger partial charge is 0.323 e. The lowest BCUT2D eigenvalue weighted by Crippen LogP contribution is -2.19. The van der Waals surface area contributed by atoms with Crippen LogP contribution in [0.1, 0.15) is 0 Å². The number of urea groups is 1. The average molecular weight is 610 g/mol. The zero-order valence-corrected chi connectivity index (χ0v) is 24.7. The number of nitrogens with zero attached hydrogens (tertiary/aromatic N) is 3. The minimum absolute atomic E-state index is 0.362. The van der Waals surface area contributed by atoms with E-state index in [9.17, 15) is 4.79 Å². The van der Waals surface area contributed by atoms with Crippen molar-refractivity contribution in [3.63, 3.8) is 0 Å². The number of hydrogen-bond donors (Lipinski definition) is 3. The fourth-order valence-corrected chi connectivity index (χ4v) is 5.15. The predicted octanol–water partition coefficient (Wildman–Crippen LogP) is 8.76. The lowest BCUT2D eigenvalue weighted by Gasteiger charge is -2.11. The van der Waals surface area contributed by atoms with E-state index in [1.165, 1.54) is 0 Å². The zero-order valence-electron chi connectivity index (χ0n) is 23.2. The lowest BCUT2D eigenvalue weighted by atomic mass is 10.0. The Labute approximate surface area is 258 Å². The number of anilines is 3. The van der Waals surface area contributed by atoms with Gasteiger partial charge in [-0.3, -0.25) is 0 Å². The van der Waals surface area contributed by atoms with Crippen molar-refractivity contribution >= 4 is 57.3 Å². The molecule has 2 amide bonds. The standard InChI is InChI=1S/C33H26Cl2N6O2/c1-36-31-17-32(38-19-37-31)41-18-27(20-6-10-25(43-2)11-7-20)26-12-8-22(15-30(26)41)21-4-3-5-23(14-21)39-33(42)40-24-9-13-28(34)29(35)16-24/h3-19H,1-2H3,(H,36,37,38)(H2,39,40,42). The molecule has 0 atom stereocenters. The number of carbonyl (C=O) groups is 1. The fraction of sp³-hybridized carbons (Fsp3) is 0.0606. The number of fused-ring (bicyclic) bond motifs is 1. The summed E-state index contributed by atoms with van der Waals surface area (Å²) >= 11 is 12.1. The monoisotopic (exact) mass is 608 g/mol. The van der Waals surface area contributed by atoms with E-state index in [0.717, 1.165) is 44.7 Å². The van der Waals surface area contributed by atoms with Crippen molar-refractivity contribution in [2.45, 2.75) is 0 Å². The molecule has 214 valence electrons. The molecule has 3 N–H and O–H groups in total. The Kier molecular flexibility index (Phi) is 7.87. The molecule has 0 bridgehead atoms. The third-order valence-corrected chi connectivity index (χ3v) is 7.73. The molecule has 10 heteroatoms. The SMILES string of the molecule is CNc1cc(-n2cc(-c3ccc(OC)cc3)c3ccc(-c4cccc(NC(=O)Nc5ccc(Cl)c(Cl)c5)c4)cc32)ncn1. The molecule has 2 heterocycles. The van der Waals surface area contributed by atoms with E-state index in [0.29, 0.717) is 27.2 Å². The Morgan fingerprint density at radius 2 is 1.53 bits per heavy atom. The highest BCUT2D eigenvalue weighted by Crippen LogP contribution is 2.36. The molecule has 0 aliphatic rings. The van der Waals surface area contributed by atoms with Crippen LogP contribution in [0.3, 0.4) is 0 Å². The summed E-state index contributed by atoms with van der Waals surface area (Å²) in [5, 5.41) is 10.6. The number of nitrogens with one attached hydrogen (secondary N) is 3. The van der Waals surface area contributed by atoms with E-state index in [1.807, 2.05) is 61.6 Å². The van der Waals surface area contributed by atoms with Gasteiger partial charge in [0.05, 0.1) is 22.7 Å². The molecule has 0 fully saturated rings. The highest BCUT2D eigenvalue weighted by molar-refractivity contribution is 6.42. The van der Waals surface area contributed by atoms with Crippen LogP contribution in [-0.4, -0.2) is 34.7 Å². The first-order chi connectivity index (χ1) is 20.9. The van der Waals surface area contributed by atoms with E-state index in [1.54, 1.807) is 31.6 Å². The van der Waals surface area contributed by atoms with Crippen LogP contribution in [0, 0.1) is 0 Å². The number of rotatable bonds is 7. The Morgan fingerprint density at radius 3 is 2.28 bits per heavy atom. The van der Waals surface area contributed by atoms with Crippen LogP contribution in [0.15, 0.2) is 104 Å². The summed E-state index contributed by atoms with van der Waals surface area (Å²) < 4.78 is 7.42. The van der Waals surface area contributed by atoms with Crippen molar-refractivity contribution in [3.05, 3.63) is 114 Å². The van der Waals surface area contributed by atoms with E-state index >= 15 is 0 Å². The van der Waals surface area contributed by atoms with Crippen molar-refractivity contribution < 1.29 is 9.53 Å². The summed E-state index contributed by atoms with van der Waals surface area (Å²) in [4.78, 5) is 21.5. The van der Waals surface area contributed by atoms with E-state index in [-0.39, 0.29) is 0 Å². The van der Waals surface area contributed by atoms with Crippen LogP contribution in [0.2, 0.25) is 10.0 Å². The largest absolute Gasteiger partial charge is 0.497 e. The molecular formula is C33H26Cl2N6O2. The number of halogens is 2. The average Bonchev–Trinajstić information content (AvgIpc) is 3.42. The van der Waals surface area contributed by atoms with Crippen molar-refractivity contribution in [3.8, 4) is 33.8 Å². The van der Waals surface area contributed by atoms with E-state index < -0.39 is 6.03 Å². The number of ether oxygens (including phenoxy) is 1. The van der Waals surface area contributed by atoms with Gasteiger partial charge in [-0.2, -0.15) is 0 Å². The molecule has 0 aliphatic heterocycles. The molecular weight excluding hydrogens is 583 g/mol. The lowest BCUT2D eigenvalue weighted by molar-refractivity contribution is 0.262. The van der Waals surface area contributed by atoms with Gasteiger partial charge >= 0.3 is 6.03 Å². The zero-order chi connectivity index (χ0) is 29.9. The van der Waals surface area contributed by atoms with Crippen molar-refractivity contribution in [1.82, 2.24) is 14.5 Å². The summed E-state index contributed by atoms with van der Waals surface area (Å²) in [6.07, 6.45) is 3.63. The van der Waals surface area contributed by atoms with Crippen molar-refractivity contribution in [1.29, 1.82) is 0 Å². The Morgan fingerprint density at radius 1 is 0.791 bits per heavy atom. The normalized spacial score (nSPS) is 10.9. The van der Waals surface area contributed by atoms with Crippen LogP contribution in [0.4, 0.5) is 22.0 Å². The number of aromatic nitrogens is 3. The molecule has 8 nitrogen and oxygen atoms in total. The van der Waals surface area contributed by atoms with Crippen LogP contribution in [-0.2, 0) is 0 Å². The third kappa shape index (κ3) is 5.97. The minimum Gasteiger partial charge on any atom is -0.497 e.